The smallest absolute Gasteiger partial charge is 0.159 e. The van der Waals surface area contributed by atoms with Gasteiger partial charge in [0.1, 0.15) is 5.82 Å². The Balaban J connectivity index is 2.26. The van der Waals surface area contributed by atoms with Crippen LogP contribution < -0.4 is 11.3 Å². The number of hydrogen-bond donors (Lipinski definition) is 2. The fourth-order valence-electron chi connectivity index (χ4n) is 1.97. The van der Waals surface area contributed by atoms with E-state index in [0.717, 1.165) is 12.1 Å². The molecule has 2 nitrogen and oxygen atoms in total. The minimum Gasteiger partial charge on any atom is -0.271 e. The SMILES string of the molecule is NNC(Cc1cc(F)cc(Br)c1)c1ccc(F)c(F)c1. The van der Waals surface area contributed by atoms with E-state index < -0.39 is 17.7 Å². The quantitative estimate of drug-likeness (QED) is 0.656. The van der Waals surface area contributed by atoms with Crippen molar-refractivity contribution < 1.29 is 13.2 Å². The van der Waals surface area contributed by atoms with E-state index >= 15 is 0 Å². The Morgan fingerprint density at radius 3 is 2.40 bits per heavy atom. The van der Waals surface area contributed by atoms with Gasteiger partial charge in [-0.1, -0.05) is 22.0 Å². The predicted molar refractivity (Wildman–Crippen MR) is 74.2 cm³/mol. The lowest BCUT2D eigenvalue weighted by Crippen LogP contribution is -2.29. The van der Waals surface area contributed by atoms with Gasteiger partial charge in [-0.05, 0) is 47.9 Å². The Morgan fingerprint density at radius 2 is 1.80 bits per heavy atom. The maximum Gasteiger partial charge on any atom is 0.159 e. The highest BCUT2D eigenvalue weighted by molar-refractivity contribution is 9.10. The second-order valence-corrected chi connectivity index (χ2v) is 5.29. The normalized spacial score (nSPS) is 12.4. The number of benzene rings is 2. The first kappa shape index (κ1) is 15.0. The lowest BCUT2D eigenvalue weighted by Gasteiger charge is -2.17. The highest BCUT2D eigenvalue weighted by Crippen LogP contribution is 2.22. The third kappa shape index (κ3) is 3.59. The fourth-order valence-corrected chi connectivity index (χ4v) is 2.48. The van der Waals surface area contributed by atoms with Crippen LogP contribution in [0.3, 0.4) is 0 Å². The molecule has 1 atom stereocenters. The van der Waals surface area contributed by atoms with E-state index in [0.29, 0.717) is 22.0 Å². The number of rotatable bonds is 4. The van der Waals surface area contributed by atoms with Crippen molar-refractivity contribution in [3.63, 3.8) is 0 Å². The second-order valence-electron chi connectivity index (χ2n) is 4.37. The average Bonchev–Trinajstić information content (AvgIpc) is 2.38. The van der Waals surface area contributed by atoms with Gasteiger partial charge < -0.3 is 0 Å². The first-order chi connectivity index (χ1) is 9.49. The largest absolute Gasteiger partial charge is 0.271 e. The zero-order valence-electron chi connectivity index (χ0n) is 10.3. The molecule has 0 radical (unpaired) electrons. The molecule has 0 heterocycles. The Bertz CT molecular complexity index is 599. The van der Waals surface area contributed by atoms with Gasteiger partial charge in [-0.15, -0.1) is 0 Å². The van der Waals surface area contributed by atoms with Crippen molar-refractivity contribution in [3.8, 4) is 0 Å². The van der Waals surface area contributed by atoms with Gasteiger partial charge >= 0.3 is 0 Å². The van der Waals surface area contributed by atoms with Gasteiger partial charge in [0.2, 0.25) is 0 Å². The van der Waals surface area contributed by atoms with E-state index in [1.54, 1.807) is 6.07 Å². The number of hydrazine groups is 1. The molecule has 3 N–H and O–H groups in total. The van der Waals surface area contributed by atoms with Crippen LogP contribution in [0.25, 0.3) is 0 Å². The summed E-state index contributed by atoms with van der Waals surface area (Å²) in [5, 5.41) is 0. The topological polar surface area (TPSA) is 38.0 Å². The zero-order chi connectivity index (χ0) is 14.7. The number of nitrogens with two attached hydrogens (primary N) is 1. The first-order valence-electron chi connectivity index (χ1n) is 5.85. The summed E-state index contributed by atoms with van der Waals surface area (Å²) >= 11 is 3.20. The third-order valence-electron chi connectivity index (χ3n) is 2.91. The molecule has 106 valence electrons. The van der Waals surface area contributed by atoms with Gasteiger partial charge in [0, 0.05) is 4.47 Å². The van der Waals surface area contributed by atoms with Gasteiger partial charge in [0.05, 0.1) is 6.04 Å². The van der Waals surface area contributed by atoms with Crippen LogP contribution in [0.1, 0.15) is 17.2 Å². The van der Waals surface area contributed by atoms with Crippen LogP contribution >= 0.6 is 15.9 Å². The van der Waals surface area contributed by atoms with Crippen molar-refractivity contribution in [2.24, 2.45) is 5.84 Å². The predicted octanol–water partition coefficient (Wildman–Crippen LogP) is 3.61. The molecule has 2 rings (SSSR count). The summed E-state index contributed by atoms with van der Waals surface area (Å²) in [6, 6.07) is 7.56. The Labute approximate surface area is 122 Å². The summed E-state index contributed by atoms with van der Waals surface area (Å²) in [5.41, 5.74) is 3.70. The molecule has 2 aromatic rings. The minimum atomic E-state index is -0.942. The van der Waals surface area contributed by atoms with Crippen molar-refractivity contribution in [2.75, 3.05) is 0 Å². The van der Waals surface area contributed by atoms with Crippen LogP contribution in [-0.2, 0) is 6.42 Å². The molecule has 0 aromatic heterocycles. The Morgan fingerprint density at radius 1 is 1.05 bits per heavy atom. The lowest BCUT2D eigenvalue weighted by atomic mass is 9.99. The maximum absolute atomic E-state index is 13.3. The molecule has 0 saturated carbocycles. The highest BCUT2D eigenvalue weighted by atomic mass is 79.9. The molecule has 1 unspecified atom stereocenters. The monoisotopic (exact) mass is 344 g/mol. The minimum absolute atomic E-state index is 0.345. The van der Waals surface area contributed by atoms with Crippen LogP contribution in [0.15, 0.2) is 40.9 Å². The van der Waals surface area contributed by atoms with E-state index in [4.69, 9.17) is 5.84 Å². The van der Waals surface area contributed by atoms with E-state index in [1.807, 2.05) is 0 Å². The van der Waals surface area contributed by atoms with Crippen molar-refractivity contribution >= 4 is 15.9 Å². The van der Waals surface area contributed by atoms with Gasteiger partial charge in [0.25, 0.3) is 0 Å². The van der Waals surface area contributed by atoms with Gasteiger partial charge in [-0.2, -0.15) is 0 Å². The summed E-state index contributed by atoms with van der Waals surface area (Å²) in [6.45, 7) is 0. The lowest BCUT2D eigenvalue weighted by molar-refractivity contribution is 0.497. The molecule has 0 fully saturated rings. The average molecular weight is 345 g/mol. The van der Waals surface area contributed by atoms with E-state index in [9.17, 15) is 13.2 Å². The molecule has 2 aromatic carbocycles. The van der Waals surface area contributed by atoms with Crippen LogP contribution in [0.5, 0.6) is 0 Å². The standard InChI is InChI=1S/C14H12BrF3N2/c15-10-3-8(4-11(16)7-10)5-14(20-19)9-1-2-12(17)13(18)6-9/h1-4,6-7,14,20H,5,19H2. The van der Waals surface area contributed by atoms with Crippen LogP contribution in [0, 0.1) is 17.5 Å². The number of nitrogens with one attached hydrogen (secondary N) is 1. The van der Waals surface area contributed by atoms with E-state index in [1.165, 1.54) is 18.2 Å². The van der Waals surface area contributed by atoms with Gasteiger partial charge in [0.15, 0.2) is 11.6 Å². The molecule has 6 heteroatoms. The van der Waals surface area contributed by atoms with E-state index in [-0.39, 0.29) is 5.82 Å². The molecule has 0 spiro atoms. The van der Waals surface area contributed by atoms with Gasteiger partial charge in [-0.25, -0.2) is 13.2 Å². The first-order valence-corrected chi connectivity index (χ1v) is 6.65. The summed E-state index contributed by atoms with van der Waals surface area (Å²) in [6.07, 6.45) is 0.345. The summed E-state index contributed by atoms with van der Waals surface area (Å²) in [5.74, 6) is 3.21. The summed E-state index contributed by atoms with van der Waals surface area (Å²) in [7, 11) is 0. The highest BCUT2D eigenvalue weighted by Gasteiger charge is 2.14. The second kappa shape index (κ2) is 6.39. The molecular formula is C14H12BrF3N2. The Hall–Kier alpha value is -1.37. The summed E-state index contributed by atoms with van der Waals surface area (Å²) in [4.78, 5) is 0. The molecule has 0 aliphatic carbocycles. The number of halogens is 4. The van der Waals surface area contributed by atoms with Crippen molar-refractivity contribution in [3.05, 3.63) is 69.4 Å². The molecule has 0 amide bonds. The number of hydrogen-bond acceptors (Lipinski definition) is 2. The van der Waals surface area contributed by atoms with Crippen molar-refractivity contribution in [1.29, 1.82) is 0 Å². The molecule has 20 heavy (non-hydrogen) atoms. The third-order valence-corrected chi connectivity index (χ3v) is 3.37. The van der Waals surface area contributed by atoms with Crippen LogP contribution in [0.2, 0.25) is 0 Å². The molecule has 0 saturated heterocycles. The van der Waals surface area contributed by atoms with E-state index in [2.05, 4.69) is 21.4 Å². The molecular weight excluding hydrogens is 333 g/mol. The molecule has 0 aliphatic heterocycles. The molecule has 0 aliphatic rings. The van der Waals surface area contributed by atoms with Crippen LogP contribution in [0.4, 0.5) is 13.2 Å². The molecule has 0 bridgehead atoms. The van der Waals surface area contributed by atoms with Crippen LogP contribution in [-0.4, -0.2) is 0 Å². The van der Waals surface area contributed by atoms with Gasteiger partial charge in [-0.3, -0.25) is 11.3 Å². The Kier molecular flexibility index (Phi) is 4.80. The van der Waals surface area contributed by atoms with Crippen molar-refractivity contribution in [1.82, 2.24) is 5.43 Å². The maximum atomic E-state index is 13.3. The fraction of sp³-hybridized carbons (Fsp3) is 0.143. The summed E-state index contributed by atoms with van der Waals surface area (Å²) < 4.78 is 40.1. The zero-order valence-corrected chi connectivity index (χ0v) is 11.9. The van der Waals surface area contributed by atoms with Crippen molar-refractivity contribution in [2.45, 2.75) is 12.5 Å².